The maximum atomic E-state index is 12.0. The van der Waals surface area contributed by atoms with Gasteiger partial charge in [0.15, 0.2) is 0 Å². The lowest BCUT2D eigenvalue weighted by molar-refractivity contribution is 0.0913. The smallest absolute Gasteiger partial charge is 0.268 e. The SMILES string of the molecule is CCCn1cccc1C(=O)NC(C)CC(C)O. The van der Waals surface area contributed by atoms with Gasteiger partial charge in [-0.05, 0) is 38.8 Å². The van der Waals surface area contributed by atoms with Gasteiger partial charge in [-0.1, -0.05) is 6.92 Å². The topological polar surface area (TPSA) is 54.3 Å². The van der Waals surface area contributed by atoms with Gasteiger partial charge in [-0.15, -0.1) is 0 Å². The van der Waals surface area contributed by atoms with E-state index in [4.69, 9.17) is 0 Å². The first-order chi connectivity index (χ1) is 8.04. The molecule has 2 N–H and O–H groups in total. The van der Waals surface area contributed by atoms with Crippen LogP contribution in [0.25, 0.3) is 0 Å². The van der Waals surface area contributed by atoms with E-state index in [1.807, 2.05) is 29.8 Å². The van der Waals surface area contributed by atoms with Crippen molar-refractivity contribution in [2.24, 2.45) is 0 Å². The number of carbonyl (C=O) groups excluding carboxylic acids is 1. The van der Waals surface area contributed by atoms with Crippen LogP contribution in [0.15, 0.2) is 18.3 Å². The molecule has 2 atom stereocenters. The molecule has 0 aliphatic rings. The molecule has 0 aliphatic heterocycles. The predicted molar refractivity (Wildman–Crippen MR) is 67.9 cm³/mol. The van der Waals surface area contributed by atoms with Gasteiger partial charge < -0.3 is 15.0 Å². The molecule has 1 rings (SSSR count). The molecule has 17 heavy (non-hydrogen) atoms. The van der Waals surface area contributed by atoms with Gasteiger partial charge in [0, 0.05) is 18.8 Å². The summed E-state index contributed by atoms with van der Waals surface area (Å²) in [5.74, 6) is -0.0726. The second-order valence-electron chi connectivity index (χ2n) is 4.55. The second-order valence-corrected chi connectivity index (χ2v) is 4.55. The third-order valence-electron chi connectivity index (χ3n) is 2.60. The molecular weight excluding hydrogens is 216 g/mol. The van der Waals surface area contributed by atoms with E-state index in [0.29, 0.717) is 12.1 Å². The number of nitrogens with one attached hydrogen (secondary N) is 1. The normalized spacial score (nSPS) is 14.4. The van der Waals surface area contributed by atoms with Crippen LogP contribution in [0.3, 0.4) is 0 Å². The van der Waals surface area contributed by atoms with Crippen molar-refractivity contribution in [2.75, 3.05) is 0 Å². The van der Waals surface area contributed by atoms with E-state index in [9.17, 15) is 9.90 Å². The molecule has 0 saturated carbocycles. The van der Waals surface area contributed by atoms with Crippen molar-refractivity contribution >= 4 is 5.91 Å². The average molecular weight is 238 g/mol. The second kappa shape index (κ2) is 6.45. The van der Waals surface area contributed by atoms with E-state index < -0.39 is 6.10 Å². The summed E-state index contributed by atoms with van der Waals surface area (Å²) in [5, 5.41) is 12.1. The van der Waals surface area contributed by atoms with Crippen LogP contribution < -0.4 is 5.32 Å². The van der Waals surface area contributed by atoms with Crippen molar-refractivity contribution in [2.45, 2.75) is 52.3 Å². The Hall–Kier alpha value is -1.29. The summed E-state index contributed by atoms with van der Waals surface area (Å²) >= 11 is 0. The molecule has 1 amide bonds. The lowest BCUT2D eigenvalue weighted by atomic mass is 10.1. The fraction of sp³-hybridized carbons (Fsp3) is 0.615. The van der Waals surface area contributed by atoms with Crippen molar-refractivity contribution in [3.63, 3.8) is 0 Å². The molecule has 0 fully saturated rings. The molecule has 1 aromatic heterocycles. The van der Waals surface area contributed by atoms with E-state index in [1.165, 1.54) is 0 Å². The summed E-state index contributed by atoms with van der Waals surface area (Å²) < 4.78 is 1.95. The fourth-order valence-corrected chi connectivity index (χ4v) is 1.92. The van der Waals surface area contributed by atoms with Crippen LogP contribution >= 0.6 is 0 Å². The molecule has 0 spiro atoms. The molecule has 0 radical (unpaired) electrons. The maximum Gasteiger partial charge on any atom is 0.268 e. The Morgan fingerprint density at radius 2 is 2.24 bits per heavy atom. The Bertz CT molecular complexity index is 358. The molecule has 0 aromatic carbocycles. The van der Waals surface area contributed by atoms with Crippen molar-refractivity contribution < 1.29 is 9.90 Å². The number of hydrogen-bond acceptors (Lipinski definition) is 2. The molecule has 96 valence electrons. The summed E-state index contributed by atoms with van der Waals surface area (Å²) in [6, 6.07) is 3.68. The molecule has 4 heteroatoms. The minimum Gasteiger partial charge on any atom is -0.393 e. The Labute approximate surface area is 103 Å². The largest absolute Gasteiger partial charge is 0.393 e. The molecule has 4 nitrogen and oxygen atoms in total. The van der Waals surface area contributed by atoms with Crippen molar-refractivity contribution in [1.82, 2.24) is 9.88 Å². The zero-order valence-corrected chi connectivity index (χ0v) is 10.8. The summed E-state index contributed by atoms with van der Waals surface area (Å²) in [4.78, 5) is 12.0. The van der Waals surface area contributed by atoms with Crippen LogP contribution in [0.1, 0.15) is 44.1 Å². The Morgan fingerprint density at radius 1 is 1.53 bits per heavy atom. The van der Waals surface area contributed by atoms with Crippen LogP contribution in [0.2, 0.25) is 0 Å². The highest BCUT2D eigenvalue weighted by atomic mass is 16.3. The molecule has 0 bridgehead atoms. The fourth-order valence-electron chi connectivity index (χ4n) is 1.92. The molecular formula is C13H22N2O2. The highest BCUT2D eigenvalue weighted by Gasteiger charge is 2.14. The first-order valence-electron chi connectivity index (χ1n) is 6.18. The number of aliphatic hydroxyl groups is 1. The number of amides is 1. The van der Waals surface area contributed by atoms with E-state index in [2.05, 4.69) is 12.2 Å². The van der Waals surface area contributed by atoms with Crippen LogP contribution in [-0.4, -0.2) is 27.7 Å². The number of carbonyl (C=O) groups is 1. The van der Waals surface area contributed by atoms with Crippen molar-refractivity contribution in [3.8, 4) is 0 Å². The monoisotopic (exact) mass is 238 g/mol. The van der Waals surface area contributed by atoms with E-state index in [-0.39, 0.29) is 11.9 Å². The summed E-state index contributed by atoms with van der Waals surface area (Å²) in [6.45, 7) is 6.55. The van der Waals surface area contributed by atoms with Crippen LogP contribution in [0.5, 0.6) is 0 Å². The van der Waals surface area contributed by atoms with Gasteiger partial charge >= 0.3 is 0 Å². The predicted octanol–water partition coefficient (Wildman–Crippen LogP) is 1.79. The number of aryl methyl sites for hydroxylation is 1. The average Bonchev–Trinajstić information content (AvgIpc) is 2.64. The third-order valence-corrected chi connectivity index (χ3v) is 2.60. The molecule has 2 unspecified atom stereocenters. The van der Waals surface area contributed by atoms with Crippen molar-refractivity contribution in [1.29, 1.82) is 0 Å². The third kappa shape index (κ3) is 4.23. The van der Waals surface area contributed by atoms with E-state index >= 15 is 0 Å². The number of rotatable bonds is 6. The summed E-state index contributed by atoms with van der Waals surface area (Å²) in [6.07, 6.45) is 3.09. The van der Waals surface area contributed by atoms with Gasteiger partial charge in [0.25, 0.3) is 5.91 Å². The van der Waals surface area contributed by atoms with Crippen LogP contribution in [0, 0.1) is 0 Å². The van der Waals surface area contributed by atoms with Crippen LogP contribution in [0.4, 0.5) is 0 Å². The zero-order chi connectivity index (χ0) is 12.8. The summed E-state index contributed by atoms with van der Waals surface area (Å²) in [5.41, 5.74) is 0.685. The summed E-state index contributed by atoms with van der Waals surface area (Å²) in [7, 11) is 0. The standard InChI is InChI=1S/C13H22N2O2/c1-4-7-15-8-5-6-12(15)13(17)14-10(2)9-11(3)16/h5-6,8,10-11,16H,4,7,9H2,1-3H3,(H,14,17). The highest BCUT2D eigenvalue weighted by molar-refractivity contribution is 5.92. The van der Waals surface area contributed by atoms with Crippen LogP contribution in [-0.2, 0) is 6.54 Å². The first kappa shape index (κ1) is 13.8. The molecule has 0 aliphatic carbocycles. The Balaban J connectivity index is 2.60. The minimum absolute atomic E-state index is 0.0209. The van der Waals surface area contributed by atoms with E-state index in [1.54, 1.807) is 6.92 Å². The Kier molecular flexibility index (Phi) is 5.22. The van der Waals surface area contributed by atoms with Gasteiger partial charge in [0.05, 0.1) is 6.10 Å². The van der Waals surface area contributed by atoms with E-state index in [0.717, 1.165) is 13.0 Å². The van der Waals surface area contributed by atoms with Gasteiger partial charge in [-0.25, -0.2) is 0 Å². The van der Waals surface area contributed by atoms with Gasteiger partial charge in [0.2, 0.25) is 0 Å². The maximum absolute atomic E-state index is 12.0. The quantitative estimate of drug-likeness (QED) is 0.794. The zero-order valence-electron chi connectivity index (χ0n) is 10.8. The number of aliphatic hydroxyl groups excluding tert-OH is 1. The van der Waals surface area contributed by atoms with Gasteiger partial charge in [0.1, 0.15) is 5.69 Å². The number of nitrogens with zero attached hydrogens (tertiary/aromatic N) is 1. The molecule has 0 saturated heterocycles. The lowest BCUT2D eigenvalue weighted by Crippen LogP contribution is -2.35. The Morgan fingerprint density at radius 3 is 2.82 bits per heavy atom. The first-order valence-corrected chi connectivity index (χ1v) is 6.18. The molecule has 1 aromatic rings. The lowest BCUT2D eigenvalue weighted by Gasteiger charge is -2.16. The number of hydrogen-bond donors (Lipinski definition) is 2. The molecule has 1 heterocycles. The van der Waals surface area contributed by atoms with Crippen molar-refractivity contribution in [3.05, 3.63) is 24.0 Å². The van der Waals surface area contributed by atoms with Gasteiger partial charge in [-0.2, -0.15) is 0 Å². The minimum atomic E-state index is -0.396. The highest BCUT2D eigenvalue weighted by Crippen LogP contribution is 2.05. The number of aromatic nitrogens is 1. The van der Waals surface area contributed by atoms with Gasteiger partial charge in [-0.3, -0.25) is 4.79 Å².